The number of halogens is 1. The minimum Gasteiger partial charge on any atom is -0.368 e. The highest BCUT2D eigenvalue weighted by Crippen LogP contribution is 2.30. The van der Waals surface area contributed by atoms with Gasteiger partial charge < -0.3 is 11.1 Å². The molecule has 0 bridgehead atoms. The van der Waals surface area contributed by atoms with Crippen LogP contribution in [0, 0.1) is 11.8 Å². The largest absolute Gasteiger partial charge is 0.368 e. The fraction of sp³-hybridized carbons (Fsp3) is 0.667. The van der Waals surface area contributed by atoms with Crippen molar-refractivity contribution in [1.29, 1.82) is 0 Å². The monoisotopic (exact) mass is 254 g/mol. The SMILES string of the molecule is CC1CCCCC1CNc1nc(N)ncc1Cl. The predicted octanol–water partition coefficient (Wildman–Crippen LogP) is 2.95. The smallest absolute Gasteiger partial charge is 0.222 e. The highest BCUT2D eigenvalue weighted by Gasteiger charge is 2.21. The number of hydrogen-bond acceptors (Lipinski definition) is 4. The summed E-state index contributed by atoms with van der Waals surface area (Å²) in [6, 6.07) is 0. The molecule has 0 spiro atoms. The zero-order valence-corrected chi connectivity index (χ0v) is 10.9. The van der Waals surface area contributed by atoms with E-state index >= 15 is 0 Å². The van der Waals surface area contributed by atoms with E-state index in [2.05, 4.69) is 22.2 Å². The molecule has 1 aliphatic carbocycles. The maximum absolute atomic E-state index is 6.01. The fourth-order valence-corrected chi connectivity index (χ4v) is 2.59. The Hall–Kier alpha value is -1.03. The minimum absolute atomic E-state index is 0.258. The summed E-state index contributed by atoms with van der Waals surface area (Å²) < 4.78 is 0. The molecule has 1 saturated carbocycles. The van der Waals surface area contributed by atoms with Gasteiger partial charge in [0.2, 0.25) is 5.95 Å². The van der Waals surface area contributed by atoms with Crippen molar-refractivity contribution in [2.45, 2.75) is 32.6 Å². The summed E-state index contributed by atoms with van der Waals surface area (Å²) in [6.45, 7) is 3.23. The first-order chi connectivity index (χ1) is 8.16. The standard InChI is InChI=1S/C12H19ClN4/c1-8-4-2-3-5-9(8)6-15-11-10(13)7-16-12(14)17-11/h7-9H,2-6H2,1H3,(H3,14,15,16,17). The van der Waals surface area contributed by atoms with Crippen LogP contribution in [-0.2, 0) is 0 Å². The van der Waals surface area contributed by atoms with Crippen LogP contribution in [0.15, 0.2) is 6.20 Å². The van der Waals surface area contributed by atoms with Crippen molar-refractivity contribution in [1.82, 2.24) is 9.97 Å². The van der Waals surface area contributed by atoms with Crippen molar-refractivity contribution in [2.75, 3.05) is 17.6 Å². The lowest BCUT2D eigenvalue weighted by atomic mass is 9.80. The first-order valence-electron chi connectivity index (χ1n) is 6.18. The fourth-order valence-electron chi connectivity index (χ4n) is 2.43. The zero-order valence-electron chi connectivity index (χ0n) is 10.1. The van der Waals surface area contributed by atoms with E-state index in [1.54, 1.807) is 0 Å². The molecule has 17 heavy (non-hydrogen) atoms. The number of hydrogen-bond donors (Lipinski definition) is 2. The Kier molecular flexibility index (Phi) is 4.05. The van der Waals surface area contributed by atoms with Gasteiger partial charge in [-0.3, -0.25) is 0 Å². The topological polar surface area (TPSA) is 63.8 Å². The van der Waals surface area contributed by atoms with E-state index in [1.165, 1.54) is 31.9 Å². The predicted molar refractivity (Wildman–Crippen MR) is 71.1 cm³/mol. The number of rotatable bonds is 3. The molecule has 1 aromatic heterocycles. The Morgan fingerprint density at radius 2 is 2.24 bits per heavy atom. The second-order valence-electron chi connectivity index (χ2n) is 4.83. The normalized spacial score (nSPS) is 24.6. The van der Waals surface area contributed by atoms with Gasteiger partial charge in [-0.05, 0) is 18.3 Å². The molecular formula is C12H19ClN4. The zero-order chi connectivity index (χ0) is 12.3. The third kappa shape index (κ3) is 3.22. The van der Waals surface area contributed by atoms with Gasteiger partial charge in [0.15, 0.2) is 0 Å². The van der Waals surface area contributed by atoms with Gasteiger partial charge in [0.05, 0.1) is 6.20 Å². The van der Waals surface area contributed by atoms with E-state index in [-0.39, 0.29) is 5.95 Å². The summed E-state index contributed by atoms with van der Waals surface area (Å²) in [5.41, 5.74) is 5.54. The molecule has 2 unspecified atom stereocenters. The molecule has 0 saturated heterocycles. The summed E-state index contributed by atoms with van der Waals surface area (Å²) in [5.74, 6) is 2.38. The van der Waals surface area contributed by atoms with Crippen LogP contribution in [0.2, 0.25) is 5.02 Å². The Labute approximate surface area is 107 Å². The molecule has 0 aromatic carbocycles. The molecule has 94 valence electrons. The highest BCUT2D eigenvalue weighted by atomic mass is 35.5. The first kappa shape index (κ1) is 12.4. The van der Waals surface area contributed by atoms with Crippen molar-refractivity contribution >= 4 is 23.4 Å². The number of nitrogens with one attached hydrogen (secondary N) is 1. The molecule has 1 aliphatic rings. The van der Waals surface area contributed by atoms with Gasteiger partial charge >= 0.3 is 0 Å². The minimum atomic E-state index is 0.258. The van der Waals surface area contributed by atoms with Gasteiger partial charge in [-0.1, -0.05) is 37.8 Å². The number of nitrogens with two attached hydrogens (primary N) is 1. The van der Waals surface area contributed by atoms with E-state index < -0.39 is 0 Å². The van der Waals surface area contributed by atoms with Crippen LogP contribution in [0.5, 0.6) is 0 Å². The average molecular weight is 255 g/mol. The van der Waals surface area contributed by atoms with Gasteiger partial charge in [-0.2, -0.15) is 4.98 Å². The molecular weight excluding hydrogens is 236 g/mol. The van der Waals surface area contributed by atoms with Crippen LogP contribution in [-0.4, -0.2) is 16.5 Å². The molecule has 1 fully saturated rings. The molecule has 2 atom stereocenters. The summed E-state index contributed by atoms with van der Waals surface area (Å²) in [7, 11) is 0. The van der Waals surface area contributed by atoms with Gasteiger partial charge in [0, 0.05) is 6.54 Å². The maximum atomic E-state index is 6.01. The van der Waals surface area contributed by atoms with Crippen molar-refractivity contribution in [3.63, 3.8) is 0 Å². The van der Waals surface area contributed by atoms with Crippen LogP contribution in [0.25, 0.3) is 0 Å². The van der Waals surface area contributed by atoms with Crippen LogP contribution >= 0.6 is 11.6 Å². The van der Waals surface area contributed by atoms with E-state index in [0.29, 0.717) is 16.8 Å². The van der Waals surface area contributed by atoms with Crippen LogP contribution in [0.3, 0.4) is 0 Å². The van der Waals surface area contributed by atoms with Crippen LogP contribution in [0.4, 0.5) is 11.8 Å². The first-order valence-corrected chi connectivity index (χ1v) is 6.56. The van der Waals surface area contributed by atoms with E-state index in [9.17, 15) is 0 Å². The van der Waals surface area contributed by atoms with Crippen molar-refractivity contribution in [3.05, 3.63) is 11.2 Å². The third-order valence-electron chi connectivity index (χ3n) is 3.58. The molecule has 0 aliphatic heterocycles. The summed E-state index contributed by atoms with van der Waals surface area (Å²) in [5, 5.41) is 3.82. The molecule has 0 radical (unpaired) electrons. The lowest BCUT2D eigenvalue weighted by molar-refractivity contribution is 0.268. The van der Waals surface area contributed by atoms with Gasteiger partial charge in [-0.25, -0.2) is 4.98 Å². The second kappa shape index (κ2) is 5.54. The Bertz CT molecular complexity index is 383. The lowest BCUT2D eigenvalue weighted by Crippen LogP contribution is -2.24. The van der Waals surface area contributed by atoms with Crippen molar-refractivity contribution < 1.29 is 0 Å². The Morgan fingerprint density at radius 1 is 1.47 bits per heavy atom. The third-order valence-corrected chi connectivity index (χ3v) is 3.86. The number of nitrogen functional groups attached to an aromatic ring is 1. The molecule has 1 heterocycles. The van der Waals surface area contributed by atoms with Gasteiger partial charge in [-0.15, -0.1) is 0 Å². The molecule has 1 aromatic rings. The summed E-state index contributed by atoms with van der Waals surface area (Å²) in [6.07, 6.45) is 6.84. The number of nitrogens with zero attached hydrogens (tertiary/aromatic N) is 2. The molecule has 0 amide bonds. The lowest BCUT2D eigenvalue weighted by Gasteiger charge is -2.29. The number of aromatic nitrogens is 2. The molecule has 5 heteroatoms. The van der Waals surface area contributed by atoms with E-state index in [4.69, 9.17) is 17.3 Å². The quantitative estimate of drug-likeness (QED) is 0.871. The van der Waals surface area contributed by atoms with E-state index in [0.717, 1.165) is 12.5 Å². The Balaban J connectivity index is 1.94. The average Bonchev–Trinajstić information content (AvgIpc) is 2.32. The van der Waals surface area contributed by atoms with Gasteiger partial charge in [0.1, 0.15) is 10.8 Å². The highest BCUT2D eigenvalue weighted by molar-refractivity contribution is 6.32. The van der Waals surface area contributed by atoms with Crippen LogP contribution < -0.4 is 11.1 Å². The molecule has 3 N–H and O–H groups in total. The summed E-state index contributed by atoms with van der Waals surface area (Å²) in [4.78, 5) is 7.95. The summed E-state index contributed by atoms with van der Waals surface area (Å²) >= 11 is 6.01. The van der Waals surface area contributed by atoms with Crippen molar-refractivity contribution in [3.8, 4) is 0 Å². The maximum Gasteiger partial charge on any atom is 0.222 e. The van der Waals surface area contributed by atoms with Gasteiger partial charge in [0.25, 0.3) is 0 Å². The number of anilines is 2. The molecule has 4 nitrogen and oxygen atoms in total. The molecule has 2 rings (SSSR count). The van der Waals surface area contributed by atoms with Crippen LogP contribution in [0.1, 0.15) is 32.6 Å². The Morgan fingerprint density at radius 3 is 3.00 bits per heavy atom. The van der Waals surface area contributed by atoms with E-state index in [1.807, 2.05) is 0 Å². The van der Waals surface area contributed by atoms with Crippen molar-refractivity contribution in [2.24, 2.45) is 11.8 Å². The second-order valence-corrected chi connectivity index (χ2v) is 5.23.